The van der Waals surface area contributed by atoms with Crippen LogP contribution in [0.25, 0.3) is 0 Å². The first-order valence-electron chi connectivity index (χ1n) is 6.80. The van der Waals surface area contributed by atoms with Gasteiger partial charge in [-0.15, -0.1) is 0 Å². The molecule has 1 aromatic carbocycles. The Balaban J connectivity index is 2.18. The summed E-state index contributed by atoms with van der Waals surface area (Å²) in [6.07, 6.45) is 3.58. The Kier molecular flexibility index (Phi) is 4.34. The monoisotopic (exact) mass is 277 g/mol. The molecular weight excluding hydrogens is 258 g/mol. The number of nitrogens with zero attached hydrogens (tertiary/aromatic N) is 1. The number of rotatable bonds is 3. The molecule has 1 saturated carbocycles. The summed E-state index contributed by atoms with van der Waals surface area (Å²) in [6.45, 7) is 1.83. The molecule has 6 heteroatoms. The lowest BCUT2D eigenvalue weighted by atomic mass is 9.84. The highest BCUT2D eigenvalue weighted by atomic mass is 16.6. The topological polar surface area (TPSA) is 98.3 Å². The number of nitrogens with one attached hydrogen (secondary N) is 1. The zero-order chi connectivity index (χ0) is 14.7. The molecule has 20 heavy (non-hydrogen) atoms. The molecule has 1 aliphatic carbocycles. The third kappa shape index (κ3) is 3.14. The van der Waals surface area contributed by atoms with Crippen LogP contribution < -0.4 is 11.1 Å². The van der Waals surface area contributed by atoms with Gasteiger partial charge in [-0.3, -0.25) is 14.9 Å². The molecule has 1 aromatic rings. The number of nitrogens with two attached hydrogens (primary N) is 1. The lowest BCUT2D eigenvalue weighted by Crippen LogP contribution is -2.40. The van der Waals surface area contributed by atoms with Gasteiger partial charge in [0, 0.05) is 12.1 Å². The van der Waals surface area contributed by atoms with E-state index in [1.54, 1.807) is 12.1 Å². The maximum atomic E-state index is 12.3. The molecule has 0 heterocycles. The molecule has 2 unspecified atom stereocenters. The highest BCUT2D eigenvalue weighted by molar-refractivity contribution is 5.95. The fourth-order valence-electron chi connectivity index (χ4n) is 2.62. The minimum absolute atomic E-state index is 0.0895. The van der Waals surface area contributed by atoms with Crippen LogP contribution in [0.15, 0.2) is 18.2 Å². The van der Waals surface area contributed by atoms with E-state index < -0.39 is 4.92 Å². The highest BCUT2D eigenvalue weighted by Crippen LogP contribution is 2.28. The predicted molar refractivity (Wildman–Crippen MR) is 76.4 cm³/mol. The van der Waals surface area contributed by atoms with Crippen molar-refractivity contribution in [3.8, 4) is 0 Å². The molecule has 6 nitrogen and oxygen atoms in total. The Labute approximate surface area is 117 Å². The van der Waals surface area contributed by atoms with Crippen molar-refractivity contribution in [3.05, 3.63) is 33.9 Å². The second kappa shape index (κ2) is 6.00. The van der Waals surface area contributed by atoms with Gasteiger partial charge >= 0.3 is 0 Å². The molecule has 2 atom stereocenters. The summed E-state index contributed by atoms with van der Waals surface area (Å²) >= 11 is 0. The molecule has 1 aliphatic rings. The summed E-state index contributed by atoms with van der Waals surface area (Å²) in [7, 11) is 0. The Morgan fingerprint density at radius 2 is 2.10 bits per heavy atom. The summed E-state index contributed by atoms with van der Waals surface area (Å²) in [5.41, 5.74) is 6.99. The van der Waals surface area contributed by atoms with Gasteiger partial charge in [0.1, 0.15) is 5.69 Å². The Bertz CT molecular complexity index is 530. The van der Waals surface area contributed by atoms with Gasteiger partial charge in [-0.1, -0.05) is 18.9 Å². The molecular formula is C14H19N3O3. The molecule has 1 fully saturated rings. The van der Waals surface area contributed by atoms with Crippen LogP contribution in [0.3, 0.4) is 0 Å². The summed E-state index contributed by atoms with van der Waals surface area (Å²) < 4.78 is 0. The molecule has 0 aromatic heterocycles. The van der Waals surface area contributed by atoms with Gasteiger partial charge in [-0.2, -0.15) is 0 Å². The third-order valence-corrected chi connectivity index (χ3v) is 3.76. The van der Waals surface area contributed by atoms with E-state index in [-0.39, 0.29) is 29.2 Å². The smallest absolute Gasteiger partial charge is 0.292 e. The number of carbonyl (C=O) groups is 1. The van der Waals surface area contributed by atoms with Gasteiger partial charge in [-0.05, 0) is 31.4 Å². The fourth-order valence-corrected chi connectivity index (χ4v) is 2.62. The van der Waals surface area contributed by atoms with Crippen molar-refractivity contribution < 1.29 is 9.72 Å². The third-order valence-electron chi connectivity index (χ3n) is 3.76. The van der Waals surface area contributed by atoms with Gasteiger partial charge in [0.25, 0.3) is 5.69 Å². The summed E-state index contributed by atoms with van der Waals surface area (Å²) in [4.78, 5) is 22.7. The number of carbonyl (C=O) groups excluding carboxylic acids is 1. The minimum Gasteiger partial charge on any atom is -0.327 e. The zero-order valence-electron chi connectivity index (χ0n) is 11.5. The number of amides is 1. The maximum absolute atomic E-state index is 12.3. The average Bonchev–Trinajstić information content (AvgIpc) is 2.38. The van der Waals surface area contributed by atoms with Crippen molar-refractivity contribution in [1.29, 1.82) is 0 Å². The second-order valence-corrected chi connectivity index (χ2v) is 5.32. The van der Waals surface area contributed by atoms with Crippen LogP contribution in [-0.2, 0) is 4.79 Å². The second-order valence-electron chi connectivity index (χ2n) is 5.32. The van der Waals surface area contributed by atoms with E-state index in [4.69, 9.17) is 5.73 Å². The number of nitro groups is 1. The van der Waals surface area contributed by atoms with Crippen molar-refractivity contribution in [3.63, 3.8) is 0 Å². The van der Waals surface area contributed by atoms with Gasteiger partial charge in [0.2, 0.25) is 5.91 Å². The zero-order valence-corrected chi connectivity index (χ0v) is 11.5. The van der Waals surface area contributed by atoms with Crippen LogP contribution in [0.5, 0.6) is 0 Å². The van der Waals surface area contributed by atoms with Crippen molar-refractivity contribution in [1.82, 2.24) is 0 Å². The number of benzene rings is 1. The number of hydrogen-bond acceptors (Lipinski definition) is 4. The van der Waals surface area contributed by atoms with E-state index >= 15 is 0 Å². The lowest BCUT2D eigenvalue weighted by Gasteiger charge is -2.27. The standard InChI is InChI=1S/C14H19N3O3/c1-9-6-7-13(17(19)20)12(8-9)16-14(18)10-4-2-3-5-11(10)15/h6-8,10-11H,2-5,15H2,1H3,(H,16,18). The largest absolute Gasteiger partial charge is 0.327 e. The lowest BCUT2D eigenvalue weighted by molar-refractivity contribution is -0.383. The van der Waals surface area contributed by atoms with Crippen molar-refractivity contribution in [2.75, 3.05) is 5.32 Å². The molecule has 2 rings (SSSR count). The Morgan fingerprint density at radius 1 is 1.40 bits per heavy atom. The van der Waals surface area contributed by atoms with Crippen LogP contribution in [0.4, 0.5) is 11.4 Å². The predicted octanol–water partition coefficient (Wildman–Crippen LogP) is 2.36. The van der Waals surface area contributed by atoms with Crippen LogP contribution in [0.1, 0.15) is 31.2 Å². The van der Waals surface area contributed by atoms with Crippen LogP contribution in [-0.4, -0.2) is 16.9 Å². The van der Waals surface area contributed by atoms with Gasteiger partial charge in [0.15, 0.2) is 0 Å². The van der Waals surface area contributed by atoms with Crippen LogP contribution in [0, 0.1) is 23.0 Å². The molecule has 3 N–H and O–H groups in total. The van der Waals surface area contributed by atoms with Crippen molar-refractivity contribution in [2.24, 2.45) is 11.7 Å². The summed E-state index contributed by atoms with van der Waals surface area (Å²) in [5.74, 6) is -0.477. The van der Waals surface area contributed by atoms with E-state index in [1.807, 2.05) is 6.92 Å². The SMILES string of the molecule is Cc1ccc([N+](=O)[O-])c(NC(=O)C2CCCCC2N)c1. The normalized spacial score (nSPS) is 22.3. The molecule has 108 valence electrons. The molecule has 0 saturated heterocycles. The van der Waals surface area contributed by atoms with Crippen LogP contribution >= 0.6 is 0 Å². The number of nitro benzene ring substituents is 1. The first kappa shape index (κ1) is 14.5. The van der Waals surface area contributed by atoms with E-state index in [0.29, 0.717) is 0 Å². The van der Waals surface area contributed by atoms with Crippen molar-refractivity contribution >= 4 is 17.3 Å². The molecule has 0 bridgehead atoms. The van der Waals surface area contributed by atoms with Gasteiger partial charge in [0.05, 0.1) is 10.8 Å². The summed E-state index contributed by atoms with van der Waals surface area (Å²) in [5, 5.41) is 13.7. The number of hydrogen-bond donors (Lipinski definition) is 2. The van der Waals surface area contributed by atoms with E-state index in [1.165, 1.54) is 6.07 Å². The van der Waals surface area contributed by atoms with Gasteiger partial charge < -0.3 is 11.1 Å². The Hall–Kier alpha value is -1.95. The Morgan fingerprint density at radius 3 is 2.75 bits per heavy atom. The summed E-state index contributed by atoms with van der Waals surface area (Å²) in [6, 6.07) is 4.52. The quantitative estimate of drug-likeness (QED) is 0.654. The number of aryl methyl sites for hydroxylation is 1. The van der Waals surface area contributed by atoms with Crippen molar-refractivity contribution in [2.45, 2.75) is 38.6 Å². The molecule has 0 aliphatic heterocycles. The molecule has 1 amide bonds. The van der Waals surface area contributed by atoms with E-state index in [2.05, 4.69) is 5.32 Å². The van der Waals surface area contributed by atoms with E-state index in [0.717, 1.165) is 31.2 Å². The highest BCUT2D eigenvalue weighted by Gasteiger charge is 2.29. The van der Waals surface area contributed by atoms with E-state index in [9.17, 15) is 14.9 Å². The first-order valence-corrected chi connectivity index (χ1v) is 6.80. The average molecular weight is 277 g/mol. The molecule has 0 radical (unpaired) electrons. The minimum atomic E-state index is -0.490. The molecule has 0 spiro atoms. The first-order chi connectivity index (χ1) is 9.49. The maximum Gasteiger partial charge on any atom is 0.292 e. The fraction of sp³-hybridized carbons (Fsp3) is 0.500. The number of anilines is 1. The van der Waals surface area contributed by atoms with Gasteiger partial charge in [-0.25, -0.2) is 0 Å². The van der Waals surface area contributed by atoms with Crippen LogP contribution in [0.2, 0.25) is 0 Å².